The Bertz CT molecular complexity index is 1630. The van der Waals surface area contributed by atoms with Crippen LogP contribution in [0.3, 0.4) is 0 Å². The van der Waals surface area contributed by atoms with Crippen LogP contribution in [0.2, 0.25) is 0 Å². The number of nitrogens with two attached hydrogens (primary N) is 1. The van der Waals surface area contributed by atoms with Gasteiger partial charge in [0.15, 0.2) is 0 Å². The van der Waals surface area contributed by atoms with E-state index in [4.69, 9.17) is 9.88 Å². The van der Waals surface area contributed by atoms with Gasteiger partial charge in [-0.05, 0) is 88.2 Å². The first-order chi connectivity index (χ1) is 23.8. The number of carbonyl (C=O) groups excluding carboxylic acids is 1. The first kappa shape index (κ1) is 40.6. The number of rotatable bonds is 19. The number of methoxy groups -OCH3 is 1. The molecule has 2 aromatic rings. The number of ether oxygens (including phenoxy) is 1. The van der Waals surface area contributed by atoms with Crippen molar-refractivity contribution in [3.8, 4) is 0 Å². The monoisotopic (exact) mass is 755 g/mol. The summed E-state index contributed by atoms with van der Waals surface area (Å²) in [7, 11) is -6.62. The molecule has 12 nitrogen and oxygen atoms in total. The summed E-state index contributed by atoms with van der Waals surface area (Å²) in [6.07, 6.45) is 7.58. The number of likely N-dealkylation sites (N-methyl/N-ethyl adjacent to an activating group) is 1. The highest BCUT2D eigenvalue weighted by molar-refractivity contribution is 7.94. The summed E-state index contributed by atoms with van der Waals surface area (Å²) in [5, 5.41) is 37.3. The van der Waals surface area contributed by atoms with Crippen molar-refractivity contribution < 1.29 is 41.7 Å². The fourth-order valence-electron chi connectivity index (χ4n) is 7.18. The number of carbonyl (C=O) groups is 1. The Morgan fingerprint density at radius 1 is 1.14 bits per heavy atom. The van der Waals surface area contributed by atoms with Crippen molar-refractivity contribution in [3.05, 3.63) is 59.7 Å². The molecule has 0 bridgehead atoms. The van der Waals surface area contributed by atoms with Crippen molar-refractivity contribution in [1.82, 2.24) is 9.21 Å². The van der Waals surface area contributed by atoms with Crippen LogP contribution in [0.4, 0.5) is 0 Å². The number of allylic oxidation sites excluding steroid dienone is 2. The smallest absolute Gasteiger partial charge is 0.253 e. The normalized spacial score (nSPS) is 24.4. The molecule has 0 spiro atoms. The van der Waals surface area contributed by atoms with Crippen LogP contribution in [0.25, 0.3) is 0 Å². The number of hydrogen-bond acceptors (Lipinski definition) is 10. The predicted molar refractivity (Wildman–Crippen MR) is 192 cm³/mol. The van der Waals surface area contributed by atoms with Gasteiger partial charge in [-0.15, -0.1) is 11.3 Å². The number of hydrogen-bond donors (Lipinski definition) is 4. The molecule has 0 unspecified atom stereocenters. The van der Waals surface area contributed by atoms with Crippen LogP contribution in [-0.4, -0.2) is 98.9 Å². The minimum absolute atomic E-state index is 0.000109. The summed E-state index contributed by atoms with van der Waals surface area (Å²) in [5.74, 6) is -0.390. The van der Waals surface area contributed by atoms with Crippen LogP contribution in [0.15, 0.2) is 57.0 Å². The van der Waals surface area contributed by atoms with Gasteiger partial charge in [0.05, 0.1) is 24.4 Å². The standard InChI is InChI=1S/C35H53N3O9S3/c1-3-38(30-24-37(20-11-21-47-2)50(45,46)35-29(30)22-34(48-35)49(36,43)44)33(42)15-10-5-4-9-14-27-28(32(41)23-31(27)40)19-18-26(39)17-16-25-12-7-6-8-13-25/h4,6-9,12-13,22,26-28,30-32,39-41H,3,5,10-11,14-21,23-24H2,1-2H3,(H2,36,43,44)/b9-4-/t26-,27+,28+,30-,31-,32+/m0/s1. The quantitative estimate of drug-likeness (QED) is 0.123. The zero-order valence-corrected chi connectivity index (χ0v) is 31.4. The van der Waals surface area contributed by atoms with Crippen molar-refractivity contribution in [3.63, 3.8) is 0 Å². The highest BCUT2D eigenvalue weighted by atomic mass is 32.3. The van der Waals surface area contributed by atoms with Gasteiger partial charge in [0, 0.05) is 45.3 Å². The number of sulfonamides is 2. The van der Waals surface area contributed by atoms with E-state index >= 15 is 0 Å². The van der Waals surface area contributed by atoms with Crippen LogP contribution >= 0.6 is 11.3 Å². The molecule has 0 radical (unpaired) electrons. The lowest BCUT2D eigenvalue weighted by atomic mass is 9.85. The first-order valence-corrected chi connectivity index (χ1v) is 21.3. The average molecular weight is 756 g/mol. The fourth-order valence-corrected chi connectivity index (χ4v) is 11.5. The molecule has 6 atom stereocenters. The number of aryl methyl sites for hydroxylation is 1. The Hall–Kier alpha value is -2.21. The van der Waals surface area contributed by atoms with E-state index in [1.807, 2.05) is 49.4 Å². The number of thiophene rings is 1. The Morgan fingerprint density at radius 2 is 1.86 bits per heavy atom. The zero-order valence-electron chi connectivity index (χ0n) is 29.0. The molecule has 1 aliphatic heterocycles. The minimum atomic E-state index is -4.16. The van der Waals surface area contributed by atoms with Crippen molar-refractivity contribution in [2.24, 2.45) is 17.0 Å². The largest absolute Gasteiger partial charge is 0.393 e. The third kappa shape index (κ3) is 10.4. The third-order valence-electron chi connectivity index (χ3n) is 9.89. The summed E-state index contributed by atoms with van der Waals surface area (Å²) < 4.78 is 57.2. The summed E-state index contributed by atoms with van der Waals surface area (Å²) in [6.45, 7) is 2.62. The van der Waals surface area contributed by atoms with Crippen LogP contribution in [0.5, 0.6) is 0 Å². The summed E-state index contributed by atoms with van der Waals surface area (Å²) in [5.41, 5.74) is 1.45. The summed E-state index contributed by atoms with van der Waals surface area (Å²) in [4.78, 5) is 15.1. The maximum absolute atomic E-state index is 13.5. The number of aliphatic hydroxyl groups is 3. The third-order valence-corrected chi connectivity index (χ3v) is 14.8. The number of benzene rings is 1. The Kier molecular flexibility index (Phi) is 15.0. The fraction of sp³-hybridized carbons (Fsp3) is 0.629. The number of primary sulfonamides is 1. The van der Waals surface area contributed by atoms with Gasteiger partial charge in [-0.2, -0.15) is 4.31 Å². The predicted octanol–water partition coefficient (Wildman–Crippen LogP) is 3.57. The maximum atomic E-state index is 13.5. The highest BCUT2D eigenvalue weighted by Crippen LogP contribution is 2.43. The van der Waals surface area contributed by atoms with Crippen molar-refractivity contribution >= 4 is 37.3 Å². The number of aliphatic hydroxyl groups excluding tert-OH is 3. The topological polar surface area (TPSA) is 188 Å². The van der Waals surface area contributed by atoms with Gasteiger partial charge >= 0.3 is 0 Å². The number of nitrogens with zero attached hydrogens (tertiary/aromatic N) is 2. The van der Waals surface area contributed by atoms with Gasteiger partial charge in [0.2, 0.25) is 15.9 Å². The average Bonchev–Trinajstić information content (AvgIpc) is 3.65. The molecule has 5 N–H and O–H groups in total. The second-order valence-corrected chi connectivity index (χ2v) is 18.3. The van der Waals surface area contributed by atoms with Crippen molar-refractivity contribution in [2.75, 3.05) is 33.4 Å². The number of fused-ring (bicyclic) bond motifs is 1. The first-order valence-electron chi connectivity index (χ1n) is 17.5. The molecule has 2 aliphatic rings. The van der Waals surface area contributed by atoms with Crippen molar-refractivity contribution in [1.29, 1.82) is 0 Å². The number of unbranched alkanes of at least 4 members (excludes halogenated alkanes) is 1. The van der Waals surface area contributed by atoms with Crippen molar-refractivity contribution in [2.45, 2.75) is 104 Å². The molecule has 280 valence electrons. The lowest BCUT2D eigenvalue weighted by Crippen LogP contribution is -2.47. The van der Waals surface area contributed by atoms with E-state index in [1.54, 1.807) is 4.90 Å². The molecule has 1 amide bonds. The molecule has 1 aliphatic carbocycles. The minimum Gasteiger partial charge on any atom is -0.393 e. The second kappa shape index (κ2) is 18.5. The molecule has 1 aromatic heterocycles. The second-order valence-electron chi connectivity index (χ2n) is 13.3. The molecule has 4 rings (SSSR count). The van der Waals surface area contributed by atoms with Crippen LogP contribution in [0, 0.1) is 11.8 Å². The molecule has 50 heavy (non-hydrogen) atoms. The number of amides is 1. The summed E-state index contributed by atoms with van der Waals surface area (Å²) in [6, 6.07) is 10.6. The van der Waals surface area contributed by atoms with Crippen LogP contribution < -0.4 is 5.14 Å². The van der Waals surface area contributed by atoms with Crippen LogP contribution in [-0.2, 0) is 36.0 Å². The molecule has 1 saturated carbocycles. The lowest BCUT2D eigenvalue weighted by molar-refractivity contribution is -0.134. The molecule has 2 heterocycles. The van der Waals surface area contributed by atoms with Gasteiger partial charge in [-0.1, -0.05) is 42.5 Å². The van der Waals surface area contributed by atoms with E-state index in [1.165, 1.54) is 23.0 Å². The van der Waals surface area contributed by atoms with Gasteiger partial charge < -0.3 is 25.0 Å². The van der Waals surface area contributed by atoms with Gasteiger partial charge in [-0.3, -0.25) is 4.79 Å². The zero-order chi connectivity index (χ0) is 36.5. The molecule has 15 heteroatoms. The Morgan fingerprint density at radius 3 is 2.54 bits per heavy atom. The highest BCUT2D eigenvalue weighted by Gasteiger charge is 2.43. The van der Waals surface area contributed by atoms with E-state index < -0.39 is 44.4 Å². The Labute approximate surface area is 301 Å². The molecule has 1 fully saturated rings. The molecular formula is C35H53N3O9S3. The summed E-state index contributed by atoms with van der Waals surface area (Å²) >= 11 is 0.612. The van der Waals surface area contributed by atoms with E-state index in [0.717, 1.165) is 6.42 Å². The maximum Gasteiger partial charge on any atom is 0.253 e. The van der Waals surface area contributed by atoms with E-state index in [-0.39, 0.29) is 51.2 Å². The molecular weight excluding hydrogens is 703 g/mol. The van der Waals surface area contributed by atoms with E-state index in [2.05, 4.69) is 0 Å². The lowest BCUT2D eigenvalue weighted by Gasteiger charge is -2.38. The van der Waals surface area contributed by atoms with E-state index in [0.29, 0.717) is 75.9 Å². The molecule has 0 saturated heterocycles. The molecule has 1 aromatic carbocycles. The van der Waals surface area contributed by atoms with E-state index in [9.17, 15) is 36.9 Å². The Balaban J connectivity index is 1.31. The van der Waals surface area contributed by atoms with Gasteiger partial charge in [0.25, 0.3) is 10.0 Å². The van der Waals surface area contributed by atoms with Crippen LogP contribution in [0.1, 0.15) is 81.9 Å². The SMILES string of the molecule is CCN(C(=O)CCC/C=C\C[C@@H]1[C@@H](CC[C@@H](O)CCc2ccccc2)[C@H](O)C[C@@H]1O)[C@H]1CN(CCCOC)S(=O)(=O)c2sc(S(N)(=O)=O)cc21. The van der Waals surface area contributed by atoms with Gasteiger partial charge in [0.1, 0.15) is 8.42 Å². The van der Waals surface area contributed by atoms with Gasteiger partial charge in [-0.25, -0.2) is 22.0 Å².